The standard InChI is InChI=1S/C24H39Cl2N5O2/c1-15-27-8-9-31(15)14-17-11-21(18-4-3-7-28-24(18)33-2)30-22(12-17)23(32)29-13-16-5-6-19(25)20(26)10-16/h8-9,16-22,24,28,30H,3-7,10-14H2,1-2H3,(H,29,32). The van der Waals surface area contributed by atoms with Crippen LogP contribution in [0.25, 0.3) is 0 Å². The predicted molar refractivity (Wildman–Crippen MR) is 132 cm³/mol. The van der Waals surface area contributed by atoms with Crippen LogP contribution in [0.3, 0.4) is 0 Å². The van der Waals surface area contributed by atoms with Gasteiger partial charge in [-0.3, -0.25) is 10.1 Å². The fraction of sp³-hybridized carbons (Fsp3) is 0.833. The van der Waals surface area contributed by atoms with E-state index in [2.05, 4.69) is 25.5 Å². The normalized spacial score (nSPS) is 37.6. The number of ether oxygens (including phenoxy) is 1. The number of nitrogens with zero attached hydrogens (tertiary/aromatic N) is 2. The van der Waals surface area contributed by atoms with Crippen LogP contribution in [0.1, 0.15) is 50.8 Å². The summed E-state index contributed by atoms with van der Waals surface area (Å²) >= 11 is 12.6. The van der Waals surface area contributed by atoms with Crippen molar-refractivity contribution in [3.05, 3.63) is 18.2 Å². The van der Waals surface area contributed by atoms with Gasteiger partial charge >= 0.3 is 0 Å². The van der Waals surface area contributed by atoms with Gasteiger partial charge in [0.05, 0.1) is 11.4 Å². The Labute approximate surface area is 207 Å². The van der Waals surface area contributed by atoms with Gasteiger partial charge in [0.1, 0.15) is 12.1 Å². The molecule has 0 bridgehead atoms. The lowest BCUT2D eigenvalue weighted by atomic mass is 9.78. The Balaban J connectivity index is 1.41. The van der Waals surface area contributed by atoms with Crippen LogP contribution >= 0.6 is 23.2 Å². The van der Waals surface area contributed by atoms with Crippen molar-refractivity contribution >= 4 is 29.1 Å². The van der Waals surface area contributed by atoms with Crippen LogP contribution in [0.5, 0.6) is 0 Å². The van der Waals surface area contributed by atoms with Gasteiger partial charge in [-0.05, 0) is 70.3 Å². The maximum Gasteiger partial charge on any atom is 0.237 e. The van der Waals surface area contributed by atoms with E-state index in [1.807, 2.05) is 19.3 Å². The van der Waals surface area contributed by atoms with Crippen LogP contribution in [-0.4, -0.2) is 64.7 Å². The molecular weight excluding hydrogens is 461 g/mol. The van der Waals surface area contributed by atoms with E-state index < -0.39 is 0 Å². The van der Waals surface area contributed by atoms with Crippen molar-refractivity contribution in [1.82, 2.24) is 25.5 Å². The number of aromatic nitrogens is 2. The lowest BCUT2D eigenvalue weighted by molar-refractivity contribution is -0.125. The molecule has 0 radical (unpaired) electrons. The number of alkyl halides is 2. The average Bonchev–Trinajstić information content (AvgIpc) is 3.23. The SMILES string of the molecule is COC1NCCCC1C1CC(Cn2ccnc2C)CC(C(=O)NCC2CCC(Cl)C(Cl)C2)N1. The Morgan fingerprint density at radius 2 is 2.06 bits per heavy atom. The molecule has 1 aromatic heterocycles. The van der Waals surface area contributed by atoms with Crippen LogP contribution in [0.15, 0.2) is 12.4 Å². The summed E-state index contributed by atoms with van der Waals surface area (Å²) in [7, 11) is 1.77. The minimum Gasteiger partial charge on any atom is -0.366 e. The Kier molecular flexibility index (Phi) is 8.96. The average molecular weight is 501 g/mol. The van der Waals surface area contributed by atoms with Gasteiger partial charge in [-0.2, -0.15) is 0 Å². The first kappa shape index (κ1) is 25.2. The van der Waals surface area contributed by atoms with Gasteiger partial charge in [0.2, 0.25) is 5.91 Å². The van der Waals surface area contributed by atoms with Gasteiger partial charge < -0.3 is 19.9 Å². The molecule has 186 valence electrons. The van der Waals surface area contributed by atoms with Crippen LogP contribution in [0.2, 0.25) is 0 Å². The van der Waals surface area contributed by atoms with Crippen LogP contribution in [0, 0.1) is 24.7 Å². The highest BCUT2D eigenvalue weighted by molar-refractivity contribution is 6.30. The smallest absolute Gasteiger partial charge is 0.237 e. The van der Waals surface area contributed by atoms with Crippen molar-refractivity contribution in [1.29, 1.82) is 0 Å². The van der Waals surface area contributed by atoms with Crippen molar-refractivity contribution in [3.8, 4) is 0 Å². The van der Waals surface area contributed by atoms with Crippen LogP contribution in [0.4, 0.5) is 0 Å². The van der Waals surface area contributed by atoms with E-state index in [-0.39, 0.29) is 35.0 Å². The fourth-order valence-electron chi connectivity index (χ4n) is 5.96. The highest BCUT2D eigenvalue weighted by Gasteiger charge is 2.40. The highest BCUT2D eigenvalue weighted by atomic mass is 35.5. The summed E-state index contributed by atoms with van der Waals surface area (Å²) in [5, 5.41) is 10.5. The van der Waals surface area contributed by atoms with Gasteiger partial charge in [0, 0.05) is 49.9 Å². The van der Waals surface area contributed by atoms with Crippen molar-refractivity contribution in [2.24, 2.45) is 17.8 Å². The van der Waals surface area contributed by atoms with Crippen molar-refractivity contribution in [2.45, 2.75) is 87.5 Å². The molecule has 9 heteroatoms. The molecule has 3 aliphatic rings. The van der Waals surface area contributed by atoms with E-state index in [4.69, 9.17) is 27.9 Å². The molecule has 3 heterocycles. The molecule has 8 unspecified atom stereocenters. The van der Waals surface area contributed by atoms with E-state index in [1.165, 1.54) is 0 Å². The van der Waals surface area contributed by atoms with Gasteiger partial charge in [-0.15, -0.1) is 23.2 Å². The Hall–Kier alpha value is -0.860. The summed E-state index contributed by atoms with van der Waals surface area (Å²) in [5.74, 6) is 2.27. The molecular formula is C24H39Cl2N5O2. The van der Waals surface area contributed by atoms with Crippen LogP contribution in [-0.2, 0) is 16.1 Å². The van der Waals surface area contributed by atoms with Crippen molar-refractivity contribution in [2.75, 3.05) is 20.2 Å². The number of piperidine rings is 2. The molecule has 1 amide bonds. The largest absolute Gasteiger partial charge is 0.366 e. The lowest BCUT2D eigenvalue weighted by Gasteiger charge is -2.43. The number of halogens is 2. The number of carbonyl (C=O) groups is 1. The second-order valence-electron chi connectivity index (χ2n) is 10.2. The number of carbonyl (C=O) groups excluding carboxylic acids is 1. The molecule has 3 fully saturated rings. The molecule has 0 spiro atoms. The fourth-order valence-corrected chi connectivity index (χ4v) is 6.56. The Morgan fingerprint density at radius 1 is 1.21 bits per heavy atom. The van der Waals surface area contributed by atoms with Gasteiger partial charge in [0.25, 0.3) is 0 Å². The zero-order chi connectivity index (χ0) is 23.4. The van der Waals surface area contributed by atoms with Gasteiger partial charge in [-0.1, -0.05) is 0 Å². The van der Waals surface area contributed by atoms with Gasteiger partial charge in [0.15, 0.2) is 0 Å². The number of amides is 1. The van der Waals surface area contributed by atoms with E-state index in [1.54, 1.807) is 7.11 Å². The first-order valence-electron chi connectivity index (χ1n) is 12.5. The molecule has 1 saturated carbocycles. The summed E-state index contributed by atoms with van der Waals surface area (Å²) in [6, 6.07) is 0.0353. The highest BCUT2D eigenvalue weighted by Crippen LogP contribution is 2.33. The van der Waals surface area contributed by atoms with E-state index in [0.717, 1.165) is 63.9 Å². The number of aryl methyl sites for hydroxylation is 1. The number of nitrogens with one attached hydrogen (secondary N) is 3. The number of hydrogen-bond acceptors (Lipinski definition) is 5. The van der Waals surface area contributed by atoms with Crippen molar-refractivity contribution in [3.63, 3.8) is 0 Å². The molecule has 0 aromatic carbocycles. The van der Waals surface area contributed by atoms with E-state index in [0.29, 0.717) is 24.3 Å². The predicted octanol–water partition coefficient (Wildman–Crippen LogP) is 3.03. The van der Waals surface area contributed by atoms with E-state index >= 15 is 0 Å². The molecule has 33 heavy (non-hydrogen) atoms. The zero-order valence-corrected chi connectivity index (χ0v) is 21.3. The topological polar surface area (TPSA) is 80.2 Å². The zero-order valence-electron chi connectivity index (χ0n) is 19.8. The summed E-state index contributed by atoms with van der Waals surface area (Å²) in [5.41, 5.74) is 0. The summed E-state index contributed by atoms with van der Waals surface area (Å²) in [4.78, 5) is 17.7. The molecule has 2 aliphatic heterocycles. The number of methoxy groups -OCH3 is 1. The number of hydrogen-bond donors (Lipinski definition) is 3. The molecule has 7 nitrogen and oxygen atoms in total. The monoisotopic (exact) mass is 499 g/mol. The number of rotatable bonds is 7. The number of imidazole rings is 1. The Bertz CT molecular complexity index is 778. The third-order valence-corrected chi connectivity index (χ3v) is 8.99. The molecule has 1 aromatic rings. The van der Waals surface area contributed by atoms with Crippen molar-refractivity contribution < 1.29 is 9.53 Å². The van der Waals surface area contributed by atoms with Crippen LogP contribution < -0.4 is 16.0 Å². The minimum absolute atomic E-state index is 0.00733. The maximum absolute atomic E-state index is 13.3. The lowest BCUT2D eigenvalue weighted by Crippen LogP contribution is -2.60. The maximum atomic E-state index is 13.3. The first-order valence-corrected chi connectivity index (χ1v) is 13.4. The van der Waals surface area contributed by atoms with Gasteiger partial charge in [-0.25, -0.2) is 4.98 Å². The quantitative estimate of drug-likeness (QED) is 0.502. The second kappa shape index (κ2) is 11.7. The van der Waals surface area contributed by atoms with E-state index in [9.17, 15) is 4.79 Å². The molecule has 8 atom stereocenters. The summed E-state index contributed by atoms with van der Waals surface area (Å²) < 4.78 is 7.98. The molecule has 3 N–H and O–H groups in total. The summed E-state index contributed by atoms with van der Waals surface area (Å²) in [6.45, 7) is 4.58. The Morgan fingerprint density at radius 3 is 2.79 bits per heavy atom. The second-order valence-corrected chi connectivity index (χ2v) is 11.3. The summed E-state index contributed by atoms with van der Waals surface area (Å²) in [6.07, 6.45) is 10.8. The molecule has 2 saturated heterocycles. The minimum atomic E-state index is -0.201. The third kappa shape index (κ3) is 6.43. The third-order valence-electron chi connectivity index (χ3n) is 7.85. The first-order chi connectivity index (χ1) is 15.9. The molecule has 1 aliphatic carbocycles. The molecule has 4 rings (SSSR count).